The van der Waals surface area contributed by atoms with E-state index in [1.165, 1.54) is 13.8 Å². The van der Waals surface area contributed by atoms with Gasteiger partial charge in [0.2, 0.25) is 9.84 Å². The number of rotatable bonds is 2. The van der Waals surface area contributed by atoms with E-state index in [0.717, 1.165) is 0 Å². The van der Waals surface area contributed by atoms with Crippen LogP contribution in [0.25, 0.3) is 0 Å². The van der Waals surface area contributed by atoms with Crippen LogP contribution in [0.2, 0.25) is 0 Å². The summed E-state index contributed by atoms with van der Waals surface area (Å²) in [4.78, 5) is 11.3. The summed E-state index contributed by atoms with van der Waals surface area (Å²) in [6.45, 7) is 2.86. The number of nitrogens with zero attached hydrogens (tertiary/aromatic N) is 2. The van der Waals surface area contributed by atoms with Gasteiger partial charge in [0.1, 0.15) is 0 Å². The quantitative estimate of drug-likeness (QED) is 0.778. The third-order valence-corrected chi connectivity index (χ3v) is 4.41. The van der Waals surface area contributed by atoms with E-state index >= 15 is 0 Å². The lowest BCUT2D eigenvalue weighted by Crippen LogP contribution is -2.23. The average molecular weight is 235 g/mol. The number of hydrogen-bond donors (Lipinski definition) is 1. The van der Waals surface area contributed by atoms with Gasteiger partial charge in [0.15, 0.2) is 10.7 Å². The maximum absolute atomic E-state index is 11.5. The maximum Gasteiger partial charge on any atom is 0.292 e. The number of hydrogen-bond acceptors (Lipinski definition) is 7. The summed E-state index contributed by atoms with van der Waals surface area (Å²) in [5.41, 5.74) is 5.29. The molecule has 0 saturated carbocycles. The second kappa shape index (κ2) is 3.62. The Bertz CT molecular complexity index is 449. The third kappa shape index (κ3) is 1.75. The SMILES string of the molecule is CC(C)S(=O)(=O)C(=O)c1snnc1N. The van der Waals surface area contributed by atoms with Gasteiger partial charge in [-0.1, -0.05) is 4.49 Å². The van der Waals surface area contributed by atoms with Gasteiger partial charge >= 0.3 is 0 Å². The van der Waals surface area contributed by atoms with E-state index in [1.807, 2.05) is 0 Å². The molecule has 1 aromatic rings. The van der Waals surface area contributed by atoms with Crippen LogP contribution in [-0.4, -0.2) is 28.4 Å². The molecule has 0 radical (unpaired) electrons. The highest BCUT2D eigenvalue weighted by atomic mass is 32.2. The smallest absolute Gasteiger partial charge is 0.292 e. The van der Waals surface area contributed by atoms with Gasteiger partial charge < -0.3 is 5.73 Å². The van der Waals surface area contributed by atoms with Crippen LogP contribution in [-0.2, 0) is 9.84 Å². The molecule has 0 atom stereocenters. The number of nitrogen functional groups attached to an aromatic ring is 1. The van der Waals surface area contributed by atoms with Crippen molar-refractivity contribution in [1.29, 1.82) is 0 Å². The highest BCUT2D eigenvalue weighted by molar-refractivity contribution is 8.07. The van der Waals surface area contributed by atoms with Crippen molar-refractivity contribution in [3.8, 4) is 0 Å². The molecule has 78 valence electrons. The molecule has 1 heterocycles. The van der Waals surface area contributed by atoms with Crippen LogP contribution in [0.4, 0.5) is 5.82 Å². The molecule has 1 rings (SSSR count). The second-order valence-corrected chi connectivity index (χ2v) is 6.03. The first kappa shape index (κ1) is 11.1. The highest BCUT2D eigenvalue weighted by Crippen LogP contribution is 2.18. The van der Waals surface area contributed by atoms with Crippen molar-refractivity contribution in [2.45, 2.75) is 19.1 Å². The van der Waals surface area contributed by atoms with E-state index in [1.54, 1.807) is 0 Å². The van der Waals surface area contributed by atoms with E-state index < -0.39 is 20.2 Å². The number of nitrogens with two attached hydrogens (primary N) is 1. The fourth-order valence-electron chi connectivity index (χ4n) is 0.683. The van der Waals surface area contributed by atoms with Crippen LogP contribution in [0.5, 0.6) is 0 Å². The molecular formula is C6H9N3O3S2. The zero-order valence-electron chi connectivity index (χ0n) is 7.59. The molecule has 0 spiro atoms. The standard InChI is InChI=1S/C6H9N3O3S2/c1-3(2)14(11,12)6(10)4-5(7)8-9-13-4/h3H,7H2,1-2H3. The Hall–Kier alpha value is -1.02. The predicted molar refractivity (Wildman–Crippen MR) is 52.7 cm³/mol. The minimum Gasteiger partial charge on any atom is -0.381 e. The van der Waals surface area contributed by atoms with Crippen LogP contribution < -0.4 is 5.73 Å². The molecule has 0 aliphatic heterocycles. The summed E-state index contributed by atoms with van der Waals surface area (Å²) in [6, 6.07) is 0. The van der Waals surface area contributed by atoms with E-state index in [0.29, 0.717) is 11.5 Å². The van der Waals surface area contributed by atoms with Crippen molar-refractivity contribution >= 4 is 32.3 Å². The third-order valence-electron chi connectivity index (χ3n) is 1.58. The average Bonchev–Trinajstić information content (AvgIpc) is 2.49. The molecule has 2 N–H and O–H groups in total. The van der Waals surface area contributed by atoms with E-state index in [9.17, 15) is 13.2 Å². The summed E-state index contributed by atoms with van der Waals surface area (Å²) < 4.78 is 26.3. The monoisotopic (exact) mass is 235 g/mol. The van der Waals surface area contributed by atoms with Crippen LogP contribution in [0.15, 0.2) is 0 Å². The van der Waals surface area contributed by atoms with E-state index in [2.05, 4.69) is 9.59 Å². The molecule has 0 aliphatic rings. The molecule has 14 heavy (non-hydrogen) atoms. The van der Waals surface area contributed by atoms with E-state index in [-0.39, 0.29) is 10.7 Å². The Morgan fingerprint density at radius 1 is 1.50 bits per heavy atom. The normalized spacial score (nSPS) is 11.9. The van der Waals surface area contributed by atoms with Crippen molar-refractivity contribution in [2.75, 3.05) is 5.73 Å². The minimum atomic E-state index is -3.81. The molecular weight excluding hydrogens is 226 g/mol. The number of sulfone groups is 1. The molecule has 0 amide bonds. The van der Waals surface area contributed by atoms with Crippen LogP contribution in [0, 0.1) is 0 Å². The predicted octanol–water partition coefficient (Wildman–Crippen LogP) is 0.0837. The topological polar surface area (TPSA) is 103 Å². The molecule has 0 fully saturated rings. The zero-order valence-corrected chi connectivity index (χ0v) is 9.22. The number of carbonyl (C=O) groups excluding carboxylic acids is 1. The Balaban J connectivity index is 3.16. The van der Waals surface area contributed by atoms with E-state index in [4.69, 9.17) is 5.73 Å². The summed E-state index contributed by atoms with van der Waals surface area (Å²) in [6.07, 6.45) is 0. The Labute approximate surface area is 85.2 Å². The Morgan fingerprint density at radius 2 is 2.07 bits per heavy atom. The van der Waals surface area contributed by atoms with Gasteiger partial charge in [-0.15, -0.1) is 5.10 Å². The molecule has 0 aromatic carbocycles. The number of carbonyl (C=O) groups is 1. The van der Waals surface area contributed by atoms with Crippen molar-refractivity contribution in [2.24, 2.45) is 0 Å². The molecule has 0 saturated heterocycles. The summed E-state index contributed by atoms with van der Waals surface area (Å²) in [7, 11) is -3.81. The van der Waals surface area contributed by atoms with Crippen molar-refractivity contribution < 1.29 is 13.2 Å². The fourth-order valence-corrected chi connectivity index (χ4v) is 2.35. The second-order valence-electron chi connectivity index (χ2n) is 2.87. The first-order chi connectivity index (χ1) is 6.37. The zero-order chi connectivity index (χ0) is 10.9. The van der Waals surface area contributed by atoms with Gasteiger partial charge in [0, 0.05) is 0 Å². The summed E-state index contributed by atoms with van der Waals surface area (Å²) in [5.74, 6) is -0.135. The molecule has 0 bridgehead atoms. The fraction of sp³-hybridized carbons (Fsp3) is 0.500. The Morgan fingerprint density at radius 3 is 2.43 bits per heavy atom. The molecule has 0 unspecified atom stereocenters. The van der Waals surface area contributed by atoms with Gasteiger partial charge in [-0.25, -0.2) is 8.42 Å². The van der Waals surface area contributed by atoms with Gasteiger partial charge in [-0.3, -0.25) is 4.79 Å². The lowest BCUT2D eigenvalue weighted by Gasteiger charge is -2.03. The number of anilines is 1. The van der Waals surface area contributed by atoms with Crippen LogP contribution in [0.3, 0.4) is 0 Å². The van der Waals surface area contributed by atoms with Crippen LogP contribution in [0.1, 0.15) is 23.5 Å². The summed E-state index contributed by atoms with van der Waals surface area (Å²) in [5, 5.41) is 1.60. The van der Waals surface area contributed by atoms with Gasteiger partial charge in [-0.05, 0) is 25.4 Å². The first-order valence-electron chi connectivity index (χ1n) is 3.73. The van der Waals surface area contributed by atoms with Crippen molar-refractivity contribution in [3.05, 3.63) is 4.88 Å². The largest absolute Gasteiger partial charge is 0.381 e. The van der Waals surface area contributed by atoms with Gasteiger partial charge in [0.25, 0.3) is 5.12 Å². The van der Waals surface area contributed by atoms with Gasteiger partial charge in [-0.2, -0.15) is 0 Å². The van der Waals surface area contributed by atoms with Gasteiger partial charge in [0.05, 0.1) is 5.25 Å². The van der Waals surface area contributed by atoms with Crippen molar-refractivity contribution in [1.82, 2.24) is 9.59 Å². The molecule has 8 heteroatoms. The van der Waals surface area contributed by atoms with Crippen molar-refractivity contribution in [3.63, 3.8) is 0 Å². The summed E-state index contributed by atoms with van der Waals surface area (Å²) >= 11 is 0.687. The first-order valence-corrected chi connectivity index (χ1v) is 6.05. The lowest BCUT2D eigenvalue weighted by atomic mass is 10.5. The Kier molecular flexibility index (Phi) is 2.86. The molecule has 1 aromatic heterocycles. The highest BCUT2D eigenvalue weighted by Gasteiger charge is 2.31. The molecule has 6 nitrogen and oxygen atoms in total. The number of aromatic nitrogens is 2. The van der Waals surface area contributed by atoms with Crippen LogP contribution >= 0.6 is 11.5 Å². The minimum absolute atomic E-state index is 0.112. The molecule has 0 aliphatic carbocycles. The lowest BCUT2D eigenvalue weighted by molar-refractivity contribution is 0.107. The maximum atomic E-state index is 11.5.